The Morgan fingerprint density at radius 2 is 2.27 bits per heavy atom. The van der Waals surface area contributed by atoms with Crippen molar-refractivity contribution in [1.82, 2.24) is 14.5 Å². The Bertz CT molecular complexity index is 759. The van der Waals surface area contributed by atoms with Crippen molar-refractivity contribution in [1.29, 1.82) is 0 Å². The van der Waals surface area contributed by atoms with Crippen molar-refractivity contribution in [3.05, 3.63) is 47.0 Å². The number of unbranched alkanes of at least 4 members (excludes halogenated alkanes) is 1. The zero-order valence-corrected chi connectivity index (χ0v) is 16.2. The van der Waals surface area contributed by atoms with E-state index in [0.29, 0.717) is 22.9 Å². The third-order valence-corrected chi connectivity index (χ3v) is 5.20. The molecule has 1 atom stereocenters. The molecule has 1 aromatic carbocycles. The summed E-state index contributed by atoms with van der Waals surface area (Å²) in [4.78, 5) is 19.5. The van der Waals surface area contributed by atoms with Gasteiger partial charge in [0, 0.05) is 43.0 Å². The normalized spacial score (nSPS) is 17.3. The number of likely N-dealkylation sites (tertiary alicyclic amines) is 1. The molecule has 1 aliphatic heterocycles. The van der Waals surface area contributed by atoms with Crippen LogP contribution in [-0.2, 0) is 6.54 Å². The van der Waals surface area contributed by atoms with E-state index in [-0.39, 0.29) is 11.8 Å². The van der Waals surface area contributed by atoms with Crippen molar-refractivity contribution < 1.29 is 9.53 Å². The number of piperidine rings is 1. The fraction of sp³-hybridized carbons (Fsp3) is 0.500. The molecule has 1 fully saturated rings. The number of amides is 1. The van der Waals surface area contributed by atoms with Gasteiger partial charge in [-0.15, -0.1) is 0 Å². The average molecular weight is 376 g/mol. The molecule has 5 nitrogen and oxygen atoms in total. The van der Waals surface area contributed by atoms with Crippen LogP contribution in [0.15, 0.2) is 30.6 Å². The third kappa shape index (κ3) is 4.04. The smallest absolute Gasteiger partial charge is 0.257 e. The van der Waals surface area contributed by atoms with Crippen molar-refractivity contribution in [2.45, 2.75) is 45.1 Å². The van der Waals surface area contributed by atoms with Gasteiger partial charge >= 0.3 is 0 Å². The Labute approximate surface area is 159 Å². The van der Waals surface area contributed by atoms with Gasteiger partial charge in [-0.05, 0) is 37.5 Å². The summed E-state index contributed by atoms with van der Waals surface area (Å²) in [6, 6.07) is 5.17. The first-order valence-electron chi connectivity index (χ1n) is 9.28. The maximum atomic E-state index is 13.0. The summed E-state index contributed by atoms with van der Waals surface area (Å²) in [6.45, 7) is 4.63. The molecule has 2 aromatic rings. The quantitative estimate of drug-likeness (QED) is 0.753. The summed E-state index contributed by atoms with van der Waals surface area (Å²) in [7, 11) is 1.56. The second-order valence-electron chi connectivity index (χ2n) is 6.77. The predicted octanol–water partition coefficient (Wildman–Crippen LogP) is 4.37. The van der Waals surface area contributed by atoms with Crippen LogP contribution in [0.2, 0.25) is 5.02 Å². The molecule has 2 heterocycles. The number of ether oxygens (including phenoxy) is 1. The van der Waals surface area contributed by atoms with E-state index in [1.807, 2.05) is 17.3 Å². The SMILES string of the molecule is CCCCn1ccnc1[C@@H]1CCCN(C(=O)c2ccc(Cl)cc2OC)C1. The lowest BCUT2D eigenvalue weighted by atomic mass is 9.96. The largest absolute Gasteiger partial charge is 0.496 e. The third-order valence-electron chi connectivity index (χ3n) is 4.97. The summed E-state index contributed by atoms with van der Waals surface area (Å²) in [5, 5.41) is 0.563. The number of carbonyl (C=O) groups excluding carboxylic acids is 1. The van der Waals surface area contributed by atoms with Crippen LogP contribution in [0.25, 0.3) is 0 Å². The van der Waals surface area contributed by atoms with Crippen LogP contribution in [0.5, 0.6) is 5.75 Å². The highest BCUT2D eigenvalue weighted by Crippen LogP contribution is 2.30. The highest BCUT2D eigenvalue weighted by molar-refractivity contribution is 6.30. The lowest BCUT2D eigenvalue weighted by Crippen LogP contribution is -2.40. The summed E-state index contributed by atoms with van der Waals surface area (Å²) < 4.78 is 7.59. The maximum absolute atomic E-state index is 13.0. The zero-order chi connectivity index (χ0) is 18.5. The summed E-state index contributed by atoms with van der Waals surface area (Å²) in [5.41, 5.74) is 0.562. The van der Waals surface area contributed by atoms with E-state index >= 15 is 0 Å². The van der Waals surface area contributed by atoms with Crippen molar-refractivity contribution in [3.63, 3.8) is 0 Å². The Kier molecular flexibility index (Phi) is 6.20. The molecule has 1 aromatic heterocycles. The van der Waals surface area contributed by atoms with Crippen LogP contribution in [0.1, 0.15) is 54.7 Å². The molecule has 6 heteroatoms. The highest BCUT2D eigenvalue weighted by Gasteiger charge is 2.29. The van der Waals surface area contributed by atoms with Crippen molar-refractivity contribution in [3.8, 4) is 5.75 Å². The number of aryl methyl sites for hydroxylation is 1. The van der Waals surface area contributed by atoms with Crippen LogP contribution in [-0.4, -0.2) is 40.6 Å². The maximum Gasteiger partial charge on any atom is 0.257 e. The average Bonchev–Trinajstić information content (AvgIpc) is 3.14. The highest BCUT2D eigenvalue weighted by atomic mass is 35.5. The van der Waals surface area contributed by atoms with Gasteiger partial charge in [0.15, 0.2) is 0 Å². The van der Waals surface area contributed by atoms with Gasteiger partial charge in [0.1, 0.15) is 11.6 Å². The number of aromatic nitrogens is 2. The molecule has 1 amide bonds. The van der Waals surface area contributed by atoms with E-state index in [2.05, 4.69) is 16.5 Å². The van der Waals surface area contributed by atoms with Gasteiger partial charge in [-0.3, -0.25) is 4.79 Å². The van der Waals surface area contributed by atoms with E-state index < -0.39 is 0 Å². The van der Waals surface area contributed by atoms with Crippen LogP contribution in [0, 0.1) is 0 Å². The summed E-state index contributed by atoms with van der Waals surface area (Å²) >= 11 is 6.02. The van der Waals surface area contributed by atoms with Gasteiger partial charge in [-0.2, -0.15) is 0 Å². The lowest BCUT2D eigenvalue weighted by molar-refractivity contribution is 0.0700. The van der Waals surface area contributed by atoms with Crippen molar-refractivity contribution in [2.24, 2.45) is 0 Å². The van der Waals surface area contributed by atoms with Crippen LogP contribution in [0.3, 0.4) is 0 Å². The Morgan fingerprint density at radius 1 is 1.42 bits per heavy atom. The van der Waals surface area contributed by atoms with Gasteiger partial charge in [0.2, 0.25) is 0 Å². The molecule has 0 unspecified atom stereocenters. The number of methoxy groups -OCH3 is 1. The first-order chi connectivity index (χ1) is 12.6. The van der Waals surface area contributed by atoms with E-state index in [1.165, 1.54) is 0 Å². The Balaban J connectivity index is 1.76. The van der Waals surface area contributed by atoms with Crippen LogP contribution in [0.4, 0.5) is 0 Å². The number of hydrogen-bond acceptors (Lipinski definition) is 3. The lowest BCUT2D eigenvalue weighted by Gasteiger charge is -2.33. The molecule has 26 heavy (non-hydrogen) atoms. The Hall–Kier alpha value is -2.01. The number of rotatable bonds is 6. The van der Waals surface area contributed by atoms with E-state index in [0.717, 1.165) is 44.6 Å². The molecule has 0 bridgehead atoms. The molecule has 0 saturated carbocycles. The second kappa shape index (κ2) is 8.58. The minimum absolute atomic E-state index is 0.00474. The molecule has 0 radical (unpaired) electrons. The monoisotopic (exact) mass is 375 g/mol. The molecule has 0 aliphatic carbocycles. The predicted molar refractivity (Wildman–Crippen MR) is 103 cm³/mol. The van der Waals surface area contributed by atoms with Gasteiger partial charge in [0.25, 0.3) is 5.91 Å². The minimum Gasteiger partial charge on any atom is -0.496 e. The number of imidazole rings is 1. The molecule has 1 saturated heterocycles. The molecule has 1 aliphatic rings. The first kappa shape index (κ1) is 18.8. The molecule has 0 N–H and O–H groups in total. The number of benzene rings is 1. The summed E-state index contributed by atoms with van der Waals surface area (Å²) in [6.07, 6.45) is 8.25. The van der Waals surface area contributed by atoms with Gasteiger partial charge in [-0.25, -0.2) is 4.98 Å². The molecule has 3 rings (SSSR count). The van der Waals surface area contributed by atoms with Crippen molar-refractivity contribution in [2.75, 3.05) is 20.2 Å². The zero-order valence-electron chi connectivity index (χ0n) is 15.4. The fourth-order valence-corrected chi connectivity index (χ4v) is 3.74. The van der Waals surface area contributed by atoms with E-state index in [9.17, 15) is 4.79 Å². The van der Waals surface area contributed by atoms with Gasteiger partial charge in [-0.1, -0.05) is 24.9 Å². The number of nitrogens with zero attached hydrogens (tertiary/aromatic N) is 3. The number of hydrogen-bond donors (Lipinski definition) is 0. The van der Waals surface area contributed by atoms with Gasteiger partial charge in [0.05, 0.1) is 12.7 Å². The number of halogens is 1. The van der Waals surface area contributed by atoms with Gasteiger partial charge < -0.3 is 14.2 Å². The van der Waals surface area contributed by atoms with Crippen LogP contribution >= 0.6 is 11.6 Å². The molecular formula is C20H26ClN3O2. The van der Waals surface area contributed by atoms with Crippen molar-refractivity contribution >= 4 is 17.5 Å². The standard InChI is InChI=1S/C20H26ClN3O2/c1-3-4-10-23-12-9-22-19(23)15-6-5-11-24(14-15)20(25)17-8-7-16(21)13-18(17)26-2/h7-9,12-13,15H,3-6,10-11,14H2,1-2H3/t15-/m1/s1. The fourth-order valence-electron chi connectivity index (χ4n) is 3.58. The summed E-state index contributed by atoms with van der Waals surface area (Å²) in [5.74, 6) is 1.89. The topological polar surface area (TPSA) is 47.4 Å². The molecular weight excluding hydrogens is 350 g/mol. The second-order valence-corrected chi connectivity index (χ2v) is 7.20. The molecule has 140 valence electrons. The van der Waals surface area contributed by atoms with E-state index in [1.54, 1.807) is 25.3 Å². The van der Waals surface area contributed by atoms with Crippen LogP contribution < -0.4 is 4.74 Å². The Morgan fingerprint density at radius 3 is 3.04 bits per heavy atom. The van der Waals surface area contributed by atoms with E-state index in [4.69, 9.17) is 16.3 Å². The number of carbonyl (C=O) groups is 1. The first-order valence-corrected chi connectivity index (χ1v) is 9.65. The molecule has 0 spiro atoms. The minimum atomic E-state index is -0.00474.